The van der Waals surface area contributed by atoms with Crippen molar-refractivity contribution < 1.29 is 14.7 Å². The predicted octanol–water partition coefficient (Wildman–Crippen LogP) is 0.173. The number of hydrogen-bond donors (Lipinski definition) is 2. The Hall–Kier alpha value is -2.55. The third-order valence-electron chi connectivity index (χ3n) is 2.63. The van der Waals surface area contributed by atoms with Gasteiger partial charge in [-0.1, -0.05) is 0 Å². The van der Waals surface area contributed by atoms with Crippen LogP contribution < -0.4 is 10.9 Å². The van der Waals surface area contributed by atoms with E-state index in [1.54, 1.807) is 6.92 Å². The summed E-state index contributed by atoms with van der Waals surface area (Å²) in [5, 5.41) is 15.8. The molecule has 110 valence electrons. The third-order valence-corrected chi connectivity index (χ3v) is 3.77. The van der Waals surface area contributed by atoms with Gasteiger partial charge in [0.2, 0.25) is 0 Å². The van der Waals surface area contributed by atoms with Crippen LogP contribution in [0, 0.1) is 6.92 Å². The highest BCUT2D eigenvalue weighted by molar-refractivity contribution is 7.13. The SMILES string of the molecule is Cc1nc(CNC(=O)c2ccc(=O)n(C)n2)sc1C(=O)O. The Morgan fingerprint density at radius 2 is 2.14 bits per heavy atom. The van der Waals surface area contributed by atoms with E-state index in [0.29, 0.717) is 10.7 Å². The number of carboxylic acid groups (broad SMARTS) is 1. The zero-order valence-electron chi connectivity index (χ0n) is 11.3. The molecule has 0 spiro atoms. The number of nitrogens with one attached hydrogen (secondary N) is 1. The number of nitrogens with zero attached hydrogens (tertiary/aromatic N) is 3. The van der Waals surface area contributed by atoms with Gasteiger partial charge < -0.3 is 10.4 Å². The number of carbonyl (C=O) groups excluding carboxylic acids is 1. The fraction of sp³-hybridized carbons (Fsp3) is 0.250. The summed E-state index contributed by atoms with van der Waals surface area (Å²) in [6, 6.07) is 2.57. The van der Waals surface area contributed by atoms with Crippen LogP contribution in [0.5, 0.6) is 0 Å². The summed E-state index contributed by atoms with van der Waals surface area (Å²) in [5.41, 5.74) is 0.203. The van der Waals surface area contributed by atoms with Crippen LogP contribution in [0.4, 0.5) is 0 Å². The molecule has 0 aliphatic rings. The topological polar surface area (TPSA) is 114 Å². The summed E-state index contributed by atoms with van der Waals surface area (Å²) >= 11 is 1.01. The molecule has 0 saturated carbocycles. The molecule has 2 heterocycles. The van der Waals surface area contributed by atoms with Gasteiger partial charge in [0.1, 0.15) is 15.6 Å². The van der Waals surface area contributed by atoms with E-state index < -0.39 is 11.9 Å². The summed E-state index contributed by atoms with van der Waals surface area (Å²) < 4.78 is 1.06. The highest BCUT2D eigenvalue weighted by Gasteiger charge is 2.15. The van der Waals surface area contributed by atoms with Crippen LogP contribution in [0.15, 0.2) is 16.9 Å². The standard InChI is InChI=1S/C12H12N4O4S/c1-6-10(12(19)20)21-8(14-6)5-13-11(18)7-3-4-9(17)16(2)15-7/h3-4H,5H2,1-2H3,(H,13,18)(H,19,20). The van der Waals surface area contributed by atoms with Crippen LogP contribution in [0.1, 0.15) is 30.9 Å². The van der Waals surface area contributed by atoms with Gasteiger partial charge in [-0.15, -0.1) is 11.3 Å². The Morgan fingerprint density at radius 3 is 2.71 bits per heavy atom. The molecule has 21 heavy (non-hydrogen) atoms. The van der Waals surface area contributed by atoms with Gasteiger partial charge in [0.25, 0.3) is 11.5 Å². The summed E-state index contributed by atoms with van der Waals surface area (Å²) in [7, 11) is 1.45. The molecular weight excluding hydrogens is 296 g/mol. The fourth-order valence-corrected chi connectivity index (χ4v) is 2.44. The number of carboxylic acids is 1. The second-order valence-corrected chi connectivity index (χ2v) is 5.27. The molecule has 2 rings (SSSR count). The van der Waals surface area contributed by atoms with Gasteiger partial charge in [-0.2, -0.15) is 5.10 Å². The van der Waals surface area contributed by atoms with Crippen LogP contribution in [0.25, 0.3) is 0 Å². The number of amides is 1. The molecule has 0 aliphatic carbocycles. The van der Waals surface area contributed by atoms with E-state index in [1.165, 1.54) is 19.2 Å². The van der Waals surface area contributed by atoms with Crippen molar-refractivity contribution in [1.29, 1.82) is 0 Å². The number of carbonyl (C=O) groups is 2. The molecule has 0 radical (unpaired) electrons. The lowest BCUT2D eigenvalue weighted by Crippen LogP contribution is -2.28. The monoisotopic (exact) mass is 308 g/mol. The van der Waals surface area contributed by atoms with Crippen molar-refractivity contribution in [3.8, 4) is 0 Å². The first-order chi connectivity index (χ1) is 9.88. The highest BCUT2D eigenvalue weighted by atomic mass is 32.1. The normalized spacial score (nSPS) is 10.4. The summed E-state index contributed by atoms with van der Waals surface area (Å²) in [5.74, 6) is -1.50. The lowest BCUT2D eigenvalue weighted by molar-refractivity contribution is 0.0701. The number of rotatable bonds is 4. The Bertz CT molecular complexity index is 765. The van der Waals surface area contributed by atoms with Crippen molar-refractivity contribution in [2.24, 2.45) is 7.05 Å². The number of aryl methyl sites for hydroxylation is 2. The number of aromatic carboxylic acids is 1. The first-order valence-corrected chi connectivity index (χ1v) is 6.72. The van der Waals surface area contributed by atoms with E-state index in [9.17, 15) is 14.4 Å². The molecular formula is C12H12N4O4S. The Morgan fingerprint density at radius 1 is 1.43 bits per heavy atom. The molecule has 0 unspecified atom stereocenters. The van der Waals surface area contributed by atoms with E-state index >= 15 is 0 Å². The summed E-state index contributed by atoms with van der Waals surface area (Å²) in [6.45, 7) is 1.70. The zero-order chi connectivity index (χ0) is 15.6. The minimum atomic E-state index is -1.04. The molecule has 0 saturated heterocycles. The van der Waals surface area contributed by atoms with Crippen LogP contribution >= 0.6 is 11.3 Å². The first-order valence-electron chi connectivity index (χ1n) is 5.90. The second-order valence-electron chi connectivity index (χ2n) is 4.19. The summed E-state index contributed by atoms with van der Waals surface area (Å²) in [4.78, 5) is 38.2. The van der Waals surface area contributed by atoms with Gasteiger partial charge in [0, 0.05) is 13.1 Å². The van der Waals surface area contributed by atoms with Crippen molar-refractivity contribution in [3.63, 3.8) is 0 Å². The van der Waals surface area contributed by atoms with Crippen molar-refractivity contribution >= 4 is 23.2 Å². The largest absolute Gasteiger partial charge is 0.477 e. The molecule has 9 heteroatoms. The predicted molar refractivity (Wildman–Crippen MR) is 74.5 cm³/mol. The average Bonchev–Trinajstić information content (AvgIpc) is 2.80. The Kier molecular flexibility index (Phi) is 4.13. The fourth-order valence-electron chi connectivity index (χ4n) is 1.60. The molecule has 2 N–H and O–H groups in total. The van der Waals surface area contributed by atoms with Crippen molar-refractivity contribution in [3.05, 3.63) is 43.8 Å². The summed E-state index contributed by atoms with van der Waals surface area (Å²) in [6.07, 6.45) is 0. The Labute approximate surface area is 123 Å². The molecule has 2 aromatic rings. The van der Waals surface area contributed by atoms with E-state index in [2.05, 4.69) is 15.4 Å². The van der Waals surface area contributed by atoms with Gasteiger partial charge in [-0.25, -0.2) is 14.5 Å². The van der Waals surface area contributed by atoms with Crippen LogP contribution in [-0.2, 0) is 13.6 Å². The van der Waals surface area contributed by atoms with Crippen molar-refractivity contribution in [1.82, 2.24) is 20.1 Å². The maximum Gasteiger partial charge on any atom is 0.347 e. The molecule has 0 bridgehead atoms. The van der Waals surface area contributed by atoms with Crippen LogP contribution in [-0.4, -0.2) is 31.7 Å². The molecule has 0 aromatic carbocycles. The van der Waals surface area contributed by atoms with Gasteiger partial charge in [-0.05, 0) is 13.0 Å². The average molecular weight is 308 g/mol. The second kappa shape index (κ2) is 5.83. The minimum absolute atomic E-state index is 0.0993. The van der Waals surface area contributed by atoms with Gasteiger partial charge in [0.15, 0.2) is 0 Å². The molecule has 0 atom stereocenters. The molecule has 2 aromatic heterocycles. The minimum Gasteiger partial charge on any atom is -0.477 e. The number of aromatic nitrogens is 3. The van der Waals surface area contributed by atoms with E-state index in [4.69, 9.17) is 5.11 Å². The van der Waals surface area contributed by atoms with E-state index in [-0.39, 0.29) is 22.7 Å². The van der Waals surface area contributed by atoms with Crippen LogP contribution in [0.2, 0.25) is 0 Å². The molecule has 0 aliphatic heterocycles. The Balaban J connectivity index is 2.07. The van der Waals surface area contributed by atoms with Gasteiger partial charge in [-0.3, -0.25) is 9.59 Å². The molecule has 1 amide bonds. The van der Waals surface area contributed by atoms with E-state index in [0.717, 1.165) is 16.0 Å². The van der Waals surface area contributed by atoms with Crippen LogP contribution in [0.3, 0.4) is 0 Å². The number of hydrogen-bond acceptors (Lipinski definition) is 6. The highest BCUT2D eigenvalue weighted by Crippen LogP contribution is 2.17. The van der Waals surface area contributed by atoms with Crippen molar-refractivity contribution in [2.45, 2.75) is 13.5 Å². The maximum atomic E-state index is 11.9. The van der Waals surface area contributed by atoms with Gasteiger partial charge >= 0.3 is 5.97 Å². The van der Waals surface area contributed by atoms with E-state index in [1.807, 2.05) is 0 Å². The van der Waals surface area contributed by atoms with Crippen molar-refractivity contribution in [2.75, 3.05) is 0 Å². The molecule has 0 fully saturated rings. The third kappa shape index (κ3) is 3.31. The molecule has 8 nitrogen and oxygen atoms in total. The quantitative estimate of drug-likeness (QED) is 0.832. The van der Waals surface area contributed by atoms with Gasteiger partial charge in [0.05, 0.1) is 12.2 Å². The number of thiazole rings is 1. The lowest BCUT2D eigenvalue weighted by atomic mass is 10.3. The smallest absolute Gasteiger partial charge is 0.347 e. The first kappa shape index (κ1) is 14.9. The lowest BCUT2D eigenvalue weighted by Gasteiger charge is -2.03. The zero-order valence-corrected chi connectivity index (χ0v) is 12.1. The maximum absolute atomic E-state index is 11.9.